The summed E-state index contributed by atoms with van der Waals surface area (Å²) in [6.45, 7) is 5.87. The van der Waals surface area contributed by atoms with Crippen LogP contribution in [0.25, 0.3) is 21.8 Å². The predicted molar refractivity (Wildman–Crippen MR) is 170 cm³/mol. The third-order valence-electron chi connectivity index (χ3n) is 7.29. The van der Waals surface area contributed by atoms with E-state index in [2.05, 4.69) is 20.3 Å². The lowest BCUT2D eigenvalue weighted by molar-refractivity contribution is 0.122. The first kappa shape index (κ1) is 32.5. The number of sulfone groups is 1. The van der Waals surface area contributed by atoms with Crippen molar-refractivity contribution in [3.63, 3.8) is 0 Å². The molecule has 6 rings (SSSR count). The molecule has 1 saturated heterocycles. The number of nitrogens with one attached hydrogen (secondary N) is 1. The molecule has 4 heterocycles. The van der Waals surface area contributed by atoms with Gasteiger partial charge in [0.05, 0.1) is 57.0 Å². The fourth-order valence-electron chi connectivity index (χ4n) is 4.97. The first-order chi connectivity index (χ1) is 22.5. The summed E-state index contributed by atoms with van der Waals surface area (Å²) in [6, 6.07) is 9.40. The number of halogens is 4. The quantitative estimate of drug-likeness (QED) is 0.166. The third-order valence-corrected chi connectivity index (χ3v) is 10.3. The lowest BCUT2D eigenvalue weighted by Crippen LogP contribution is -2.37. The van der Waals surface area contributed by atoms with Crippen LogP contribution in [0.3, 0.4) is 0 Å². The summed E-state index contributed by atoms with van der Waals surface area (Å²) in [5.41, 5.74) is 0.654. The molecule has 0 saturated carbocycles. The second kappa shape index (κ2) is 13.3. The van der Waals surface area contributed by atoms with Gasteiger partial charge in [-0.15, -0.1) is 11.3 Å². The SMILES string of the molecule is CC(C)c1nc(-c2cc(F)c(F)c(CS(=O)(=O)c3cccc(F)c3)c2)c(-c2ccnc(Nc3cnc(N4CCOCC4)c(F)c3)n2)s1. The van der Waals surface area contributed by atoms with Gasteiger partial charge in [0, 0.05) is 42.4 Å². The van der Waals surface area contributed by atoms with Gasteiger partial charge in [0.15, 0.2) is 33.1 Å². The Bertz CT molecular complexity index is 2050. The minimum absolute atomic E-state index is 0.0379. The van der Waals surface area contributed by atoms with Gasteiger partial charge in [-0.2, -0.15) is 0 Å². The minimum Gasteiger partial charge on any atom is -0.378 e. The number of anilines is 3. The van der Waals surface area contributed by atoms with Gasteiger partial charge in [0.1, 0.15) is 5.82 Å². The molecule has 0 unspecified atom stereocenters. The summed E-state index contributed by atoms with van der Waals surface area (Å²) in [6.07, 6.45) is 2.96. The van der Waals surface area contributed by atoms with Crippen molar-refractivity contribution < 1.29 is 30.7 Å². The van der Waals surface area contributed by atoms with Crippen LogP contribution in [0.4, 0.5) is 35.0 Å². The summed E-state index contributed by atoms with van der Waals surface area (Å²) in [7, 11) is -4.23. The second-order valence-corrected chi connectivity index (χ2v) is 14.1. The first-order valence-corrected chi connectivity index (χ1v) is 17.0. The Hall–Kier alpha value is -4.47. The van der Waals surface area contributed by atoms with E-state index in [4.69, 9.17) is 9.72 Å². The lowest BCUT2D eigenvalue weighted by atomic mass is 10.1. The number of hydrogen-bond acceptors (Lipinski definition) is 10. The van der Waals surface area contributed by atoms with E-state index < -0.39 is 44.4 Å². The van der Waals surface area contributed by atoms with Crippen molar-refractivity contribution in [2.45, 2.75) is 30.4 Å². The Labute approximate surface area is 272 Å². The van der Waals surface area contributed by atoms with Crippen molar-refractivity contribution in [3.8, 4) is 21.8 Å². The zero-order chi connectivity index (χ0) is 33.3. The lowest BCUT2D eigenvalue weighted by Gasteiger charge is -2.28. The van der Waals surface area contributed by atoms with Crippen molar-refractivity contribution in [3.05, 3.63) is 94.8 Å². The van der Waals surface area contributed by atoms with E-state index in [1.807, 2.05) is 13.8 Å². The highest BCUT2D eigenvalue weighted by Crippen LogP contribution is 2.40. The summed E-state index contributed by atoms with van der Waals surface area (Å²) >= 11 is 1.28. The molecule has 5 aromatic rings. The van der Waals surface area contributed by atoms with E-state index in [-0.39, 0.29) is 33.8 Å². The Morgan fingerprint density at radius 2 is 1.77 bits per heavy atom. The number of nitrogens with zero attached hydrogens (tertiary/aromatic N) is 5. The fourth-order valence-corrected chi connectivity index (χ4v) is 7.39. The summed E-state index contributed by atoms with van der Waals surface area (Å²) < 4.78 is 90.1. The molecule has 1 aliphatic heterocycles. The topological polar surface area (TPSA) is 110 Å². The average molecular weight is 685 g/mol. The minimum atomic E-state index is -4.23. The number of pyridine rings is 1. The molecule has 47 heavy (non-hydrogen) atoms. The molecule has 1 fully saturated rings. The molecule has 0 radical (unpaired) electrons. The van der Waals surface area contributed by atoms with Crippen molar-refractivity contribution in [1.82, 2.24) is 19.9 Å². The molecule has 15 heteroatoms. The van der Waals surface area contributed by atoms with Gasteiger partial charge in [-0.05, 0) is 36.4 Å². The Morgan fingerprint density at radius 1 is 0.979 bits per heavy atom. The number of benzene rings is 2. The van der Waals surface area contributed by atoms with Crippen LogP contribution in [-0.4, -0.2) is 54.7 Å². The maximum absolute atomic E-state index is 15.0. The highest BCUT2D eigenvalue weighted by molar-refractivity contribution is 7.90. The highest BCUT2D eigenvalue weighted by atomic mass is 32.2. The summed E-state index contributed by atoms with van der Waals surface area (Å²) in [4.78, 5) is 19.7. The smallest absolute Gasteiger partial charge is 0.227 e. The highest BCUT2D eigenvalue weighted by Gasteiger charge is 2.25. The van der Waals surface area contributed by atoms with Crippen LogP contribution in [0.15, 0.2) is 65.8 Å². The van der Waals surface area contributed by atoms with Crippen LogP contribution in [0.2, 0.25) is 0 Å². The second-order valence-electron chi connectivity index (χ2n) is 11.1. The summed E-state index contributed by atoms with van der Waals surface area (Å²) in [5.74, 6) is -4.48. The zero-order valence-corrected chi connectivity index (χ0v) is 26.8. The molecule has 3 aromatic heterocycles. The van der Waals surface area contributed by atoms with Crippen LogP contribution in [0.5, 0.6) is 0 Å². The molecule has 0 amide bonds. The number of thiazole rings is 1. The fraction of sp³-hybridized carbons (Fsp3) is 0.250. The number of ether oxygens (including phenoxy) is 1. The largest absolute Gasteiger partial charge is 0.378 e. The Morgan fingerprint density at radius 3 is 2.49 bits per heavy atom. The van der Waals surface area contributed by atoms with Crippen molar-refractivity contribution in [2.24, 2.45) is 0 Å². The number of hydrogen-bond donors (Lipinski definition) is 1. The van der Waals surface area contributed by atoms with Gasteiger partial charge < -0.3 is 15.0 Å². The molecule has 1 aliphatic rings. The van der Waals surface area contributed by atoms with E-state index in [0.29, 0.717) is 47.6 Å². The van der Waals surface area contributed by atoms with Gasteiger partial charge >= 0.3 is 0 Å². The maximum atomic E-state index is 15.0. The molecule has 244 valence electrons. The molecule has 2 aromatic carbocycles. The monoisotopic (exact) mass is 684 g/mol. The van der Waals surface area contributed by atoms with Crippen molar-refractivity contribution in [2.75, 3.05) is 36.5 Å². The molecular weight excluding hydrogens is 657 g/mol. The molecule has 0 bridgehead atoms. The van der Waals surface area contributed by atoms with Gasteiger partial charge in [-0.3, -0.25) is 0 Å². The molecule has 0 spiro atoms. The van der Waals surface area contributed by atoms with Crippen LogP contribution in [0, 0.1) is 23.3 Å². The Balaban J connectivity index is 1.33. The molecule has 9 nitrogen and oxygen atoms in total. The van der Waals surface area contributed by atoms with Crippen LogP contribution in [0.1, 0.15) is 30.3 Å². The van der Waals surface area contributed by atoms with Crippen molar-refractivity contribution >= 4 is 38.6 Å². The van der Waals surface area contributed by atoms with Gasteiger partial charge in [0.25, 0.3) is 0 Å². The molecule has 0 aliphatic carbocycles. The zero-order valence-electron chi connectivity index (χ0n) is 25.2. The third kappa shape index (κ3) is 7.11. The number of rotatable bonds is 9. The number of morpholine rings is 1. The van der Waals surface area contributed by atoms with E-state index in [1.54, 1.807) is 11.0 Å². The van der Waals surface area contributed by atoms with E-state index in [0.717, 1.165) is 18.2 Å². The van der Waals surface area contributed by atoms with E-state index in [9.17, 15) is 21.6 Å². The van der Waals surface area contributed by atoms with Gasteiger partial charge in [0.2, 0.25) is 5.95 Å². The maximum Gasteiger partial charge on any atom is 0.227 e. The Kier molecular flexibility index (Phi) is 9.21. The van der Waals surface area contributed by atoms with Crippen LogP contribution < -0.4 is 10.2 Å². The normalized spacial score (nSPS) is 13.7. The average Bonchev–Trinajstić information content (AvgIpc) is 3.50. The molecule has 1 N–H and O–H groups in total. The van der Waals surface area contributed by atoms with Gasteiger partial charge in [-0.25, -0.2) is 45.9 Å². The molecule has 0 atom stereocenters. The van der Waals surface area contributed by atoms with E-state index in [1.165, 1.54) is 48.0 Å². The van der Waals surface area contributed by atoms with E-state index >= 15 is 4.39 Å². The predicted octanol–water partition coefficient (Wildman–Crippen LogP) is 6.90. The first-order valence-electron chi connectivity index (χ1n) is 14.5. The van der Waals surface area contributed by atoms with Crippen molar-refractivity contribution in [1.29, 1.82) is 0 Å². The van der Waals surface area contributed by atoms with Crippen LogP contribution >= 0.6 is 11.3 Å². The number of aromatic nitrogens is 4. The van der Waals surface area contributed by atoms with Crippen LogP contribution in [-0.2, 0) is 20.3 Å². The molecular formula is C32H28F4N6O3S2. The van der Waals surface area contributed by atoms with Gasteiger partial charge in [-0.1, -0.05) is 19.9 Å². The summed E-state index contributed by atoms with van der Waals surface area (Å²) in [5, 5.41) is 3.63. The standard InChI is InChI=1S/C32H28F4N6O3S2/c1-18(2)31-41-28(19-12-20(27(36)24(34)13-19)17-47(43,44)23-5-3-4-21(33)14-23)29(46-31)26-6-7-37-32(40-26)39-22-15-25(35)30(38-16-22)42-8-10-45-11-9-42/h3-7,12-16,18H,8-11,17H2,1-2H3,(H,37,39,40).